The predicted octanol–water partition coefficient (Wildman–Crippen LogP) is 4.48. The van der Waals surface area contributed by atoms with E-state index in [0.717, 1.165) is 0 Å². The third-order valence-electron chi connectivity index (χ3n) is 2.66. The first-order chi connectivity index (χ1) is 9.47. The minimum absolute atomic E-state index is 0.337. The van der Waals surface area contributed by atoms with Gasteiger partial charge in [-0.3, -0.25) is 0 Å². The van der Waals surface area contributed by atoms with Crippen molar-refractivity contribution in [3.63, 3.8) is 0 Å². The lowest BCUT2D eigenvalue weighted by molar-refractivity contribution is -0.138. The quantitative estimate of drug-likeness (QED) is 0.847. The predicted molar refractivity (Wildman–Crippen MR) is 79.6 cm³/mol. The fourth-order valence-electron chi connectivity index (χ4n) is 1.73. The van der Waals surface area contributed by atoms with Crippen molar-refractivity contribution < 1.29 is 14.3 Å². The van der Waals surface area contributed by atoms with Gasteiger partial charge >= 0.3 is 5.97 Å². The Bertz CT molecular complexity index is 651. The number of nitrogens with one attached hydrogen (secondary N) is 1. The smallest absolute Gasteiger partial charge is 0.330 e. The first-order valence-electron chi connectivity index (χ1n) is 5.67. The number of carbonyl (C=O) groups is 1. The Hall–Kier alpha value is -1.59. The largest absolute Gasteiger partial charge is 0.479 e. The molecule has 0 aromatic heterocycles. The standard InChI is InChI=1S/C14H10BrClFNO2/c15-11-7-10(4-5-12(11)16)18-13(14(19)20)8-2-1-3-9(17)6-8/h1-7,13,18H,(H,19,20). The molecule has 2 aromatic carbocycles. The van der Waals surface area contributed by atoms with E-state index in [1.807, 2.05) is 0 Å². The van der Waals surface area contributed by atoms with Crippen LogP contribution in [-0.2, 0) is 4.79 Å². The minimum atomic E-state index is -1.10. The van der Waals surface area contributed by atoms with E-state index in [-0.39, 0.29) is 0 Å². The summed E-state index contributed by atoms with van der Waals surface area (Å²) in [4.78, 5) is 11.3. The number of hydrogen-bond acceptors (Lipinski definition) is 2. The maximum atomic E-state index is 13.2. The third-order valence-corrected chi connectivity index (χ3v) is 3.87. The van der Waals surface area contributed by atoms with Gasteiger partial charge in [-0.2, -0.15) is 0 Å². The number of halogens is 3. The first-order valence-corrected chi connectivity index (χ1v) is 6.84. The molecule has 0 fully saturated rings. The second-order valence-electron chi connectivity index (χ2n) is 4.10. The van der Waals surface area contributed by atoms with E-state index in [9.17, 15) is 14.3 Å². The van der Waals surface area contributed by atoms with Gasteiger partial charge in [-0.15, -0.1) is 0 Å². The molecule has 0 bridgehead atoms. The summed E-state index contributed by atoms with van der Waals surface area (Å²) < 4.78 is 13.8. The maximum Gasteiger partial charge on any atom is 0.330 e. The number of carboxylic acids is 1. The zero-order valence-corrected chi connectivity index (χ0v) is 12.5. The highest BCUT2D eigenvalue weighted by Gasteiger charge is 2.20. The van der Waals surface area contributed by atoms with Crippen LogP contribution in [0.3, 0.4) is 0 Å². The molecule has 1 unspecified atom stereocenters. The number of carboxylic acid groups (broad SMARTS) is 1. The van der Waals surface area contributed by atoms with Crippen molar-refractivity contribution in [3.05, 3.63) is 63.3 Å². The number of aliphatic carboxylic acids is 1. The lowest BCUT2D eigenvalue weighted by Crippen LogP contribution is -2.20. The highest BCUT2D eigenvalue weighted by molar-refractivity contribution is 9.10. The number of anilines is 1. The summed E-state index contributed by atoms with van der Waals surface area (Å²) in [5.41, 5.74) is 0.904. The van der Waals surface area contributed by atoms with Crippen LogP contribution in [0.1, 0.15) is 11.6 Å². The SMILES string of the molecule is O=C(O)C(Nc1ccc(Cl)c(Br)c1)c1cccc(F)c1. The summed E-state index contributed by atoms with van der Waals surface area (Å²) in [5.74, 6) is -1.57. The Morgan fingerprint density at radius 2 is 2.05 bits per heavy atom. The molecule has 0 heterocycles. The van der Waals surface area contributed by atoms with Crippen molar-refractivity contribution in [3.8, 4) is 0 Å². The van der Waals surface area contributed by atoms with Crippen molar-refractivity contribution in [2.75, 3.05) is 5.32 Å². The van der Waals surface area contributed by atoms with Crippen LogP contribution >= 0.6 is 27.5 Å². The molecule has 0 saturated carbocycles. The molecule has 104 valence electrons. The second-order valence-corrected chi connectivity index (χ2v) is 5.36. The summed E-state index contributed by atoms with van der Waals surface area (Å²) in [7, 11) is 0. The Balaban J connectivity index is 2.30. The summed E-state index contributed by atoms with van der Waals surface area (Å²) in [6.07, 6.45) is 0. The number of rotatable bonds is 4. The Kier molecular flexibility index (Phi) is 4.62. The molecule has 3 nitrogen and oxygen atoms in total. The fourth-order valence-corrected chi connectivity index (χ4v) is 2.22. The molecular formula is C14H10BrClFNO2. The molecular weight excluding hydrogens is 349 g/mol. The molecule has 2 rings (SSSR count). The van der Waals surface area contributed by atoms with Crippen molar-refractivity contribution in [1.82, 2.24) is 0 Å². The fraction of sp³-hybridized carbons (Fsp3) is 0.0714. The van der Waals surface area contributed by atoms with E-state index >= 15 is 0 Å². The first kappa shape index (κ1) is 14.8. The van der Waals surface area contributed by atoms with E-state index < -0.39 is 17.8 Å². The van der Waals surface area contributed by atoms with Gasteiger partial charge in [-0.1, -0.05) is 23.7 Å². The molecule has 0 saturated heterocycles. The van der Waals surface area contributed by atoms with E-state index in [1.54, 1.807) is 24.3 Å². The monoisotopic (exact) mass is 357 g/mol. The van der Waals surface area contributed by atoms with Crippen LogP contribution in [0.15, 0.2) is 46.9 Å². The van der Waals surface area contributed by atoms with Gasteiger partial charge in [0.05, 0.1) is 5.02 Å². The number of benzene rings is 2. The Morgan fingerprint density at radius 3 is 2.65 bits per heavy atom. The summed E-state index contributed by atoms with van der Waals surface area (Å²) in [6, 6.07) is 9.40. The molecule has 2 N–H and O–H groups in total. The van der Waals surface area contributed by atoms with E-state index in [0.29, 0.717) is 20.7 Å². The Morgan fingerprint density at radius 1 is 1.30 bits per heavy atom. The van der Waals surface area contributed by atoms with Gasteiger partial charge in [0.15, 0.2) is 6.04 Å². The van der Waals surface area contributed by atoms with Gasteiger partial charge in [0.1, 0.15) is 5.82 Å². The molecule has 1 atom stereocenters. The zero-order chi connectivity index (χ0) is 14.7. The van der Waals surface area contributed by atoms with E-state index in [2.05, 4.69) is 21.2 Å². The van der Waals surface area contributed by atoms with Gasteiger partial charge in [0, 0.05) is 10.2 Å². The summed E-state index contributed by atoms with van der Waals surface area (Å²) in [6.45, 7) is 0. The van der Waals surface area contributed by atoms with Gasteiger partial charge in [-0.25, -0.2) is 9.18 Å². The van der Waals surface area contributed by atoms with Gasteiger partial charge in [-0.05, 0) is 51.8 Å². The van der Waals surface area contributed by atoms with Crippen molar-refractivity contribution >= 4 is 39.2 Å². The molecule has 0 aliphatic carbocycles. The molecule has 0 aliphatic heterocycles. The van der Waals surface area contributed by atoms with Gasteiger partial charge in [0.25, 0.3) is 0 Å². The maximum absolute atomic E-state index is 13.2. The highest BCUT2D eigenvalue weighted by atomic mass is 79.9. The van der Waals surface area contributed by atoms with Crippen LogP contribution in [0.25, 0.3) is 0 Å². The lowest BCUT2D eigenvalue weighted by Gasteiger charge is -2.16. The molecule has 0 radical (unpaired) electrons. The van der Waals surface area contributed by atoms with E-state index in [4.69, 9.17) is 11.6 Å². The molecule has 6 heteroatoms. The van der Waals surface area contributed by atoms with Crippen LogP contribution in [0.2, 0.25) is 5.02 Å². The van der Waals surface area contributed by atoms with Gasteiger partial charge < -0.3 is 10.4 Å². The van der Waals surface area contributed by atoms with Crippen LogP contribution in [0, 0.1) is 5.82 Å². The van der Waals surface area contributed by atoms with Crippen molar-refractivity contribution in [2.24, 2.45) is 0 Å². The molecule has 0 aliphatic rings. The van der Waals surface area contributed by atoms with Crippen LogP contribution < -0.4 is 5.32 Å². The second kappa shape index (κ2) is 6.24. The van der Waals surface area contributed by atoms with Gasteiger partial charge in [0.2, 0.25) is 0 Å². The number of hydrogen-bond donors (Lipinski definition) is 2. The minimum Gasteiger partial charge on any atom is -0.479 e. The average molecular weight is 359 g/mol. The Labute approximate surface area is 128 Å². The zero-order valence-electron chi connectivity index (χ0n) is 10.1. The molecule has 2 aromatic rings. The molecule has 0 amide bonds. The van der Waals surface area contributed by atoms with Crippen LogP contribution in [0.5, 0.6) is 0 Å². The van der Waals surface area contributed by atoms with Crippen LogP contribution in [0.4, 0.5) is 10.1 Å². The van der Waals surface area contributed by atoms with Crippen molar-refractivity contribution in [2.45, 2.75) is 6.04 Å². The topological polar surface area (TPSA) is 49.3 Å². The van der Waals surface area contributed by atoms with Crippen molar-refractivity contribution in [1.29, 1.82) is 0 Å². The average Bonchev–Trinajstić information content (AvgIpc) is 2.39. The summed E-state index contributed by atoms with van der Waals surface area (Å²) in [5, 5.41) is 12.6. The van der Waals surface area contributed by atoms with Crippen LogP contribution in [-0.4, -0.2) is 11.1 Å². The normalized spacial score (nSPS) is 11.9. The highest BCUT2D eigenvalue weighted by Crippen LogP contribution is 2.28. The summed E-state index contributed by atoms with van der Waals surface area (Å²) >= 11 is 9.14. The van der Waals surface area contributed by atoms with E-state index in [1.165, 1.54) is 18.2 Å². The molecule has 0 spiro atoms. The third kappa shape index (κ3) is 3.49. The lowest BCUT2D eigenvalue weighted by atomic mass is 10.1. The molecule has 20 heavy (non-hydrogen) atoms.